The Morgan fingerprint density at radius 3 is 1.57 bits per heavy atom. The van der Waals surface area contributed by atoms with Crippen LogP contribution in [0.3, 0.4) is 0 Å². The van der Waals surface area contributed by atoms with E-state index in [1.807, 2.05) is 24.3 Å². The number of epoxide rings is 2. The van der Waals surface area contributed by atoms with Crippen molar-refractivity contribution in [3.05, 3.63) is 72.8 Å². The minimum Gasteiger partial charge on any atom is -0.490 e. The molecule has 2 aromatic rings. The highest BCUT2D eigenvalue weighted by molar-refractivity contribution is 5.68. The van der Waals surface area contributed by atoms with E-state index in [9.17, 15) is 0 Å². The molecule has 4 heteroatoms. The Balaban J connectivity index is 1.56. The van der Waals surface area contributed by atoms with Crippen molar-refractivity contribution in [1.29, 1.82) is 0 Å². The molecule has 0 amide bonds. The van der Waals surface area contributed by atoms with E-state index in [4.69, 9.17) is 18.9 Å². The van der Waals surface area contributed by atoms with Gasteiger partial charge in [-0.15, -0.1) is 13.2 Å². The lowest BCUT2D eigenvalue weighted by atomic mass is 9.98. The van der Waals surface area contributed by atoms with Crippen LogP contribution < -0.4 is 9.47 Å². The molecule has 2 unspecified atom stereocenters. The fourth-order valence-corrected chi connectivity index (χ4v) is 3.12. The predicted molar refractivity (Wildman–Crippen MR) is 110 cm³/mol. The third-order valence-electron chi connectivity index (χ3n) is 4.84. The Morgan fingerprint density at radius 2 is 1.21 bits per heavy atom. The molecule has 2 aliphatic heterocycles. The quantitative estimate of drug-likeness (QED) is 0.430. The van der Waals surface area contributed by atoms with Gasteiger partial charge in [0.1, 0.15) is 36.9 Å². The number of ether oxygens (including phenoxy) is 4. The van der Waals surface area contributed by atoms with Crippen LogP contribution in [0, 0.1) is 0 Å². The number of allylic oxidation sites excluding steroid dienone is 2. The first-order valence-corrected chi connectivity index (χ1v) is 9.73. The summed E-state index contributed by atoms with van der Waals surface area (Å²) in [5.41, 5.74) is 4.55. The first-order chi connectivity index (χ1) is 13.8. The van der Waals surface area contributed by atoms with E-state index in [0.717, 1.165) is 59.8 Å². The second-order valence-electron chi connectivity index (χ2n) is 7.16. The fraction of sp³-hybridized carbons (Fsp3) is 0.333. The molecule has 0 spiro atoms. The van der Waals surface area contributed by atoms with Crippen LogP contribution in [0.4, 0.5) is 0 Å². The van der Waals surface area contributed by atoms with E-state index in [-0.39, 0.29) is 12.2 Å². The van der Waals surface area contributed by atoms with Gasteiger partial charge in [0.05, 0.1) is 13.2 Å². The van der Waals surface area contributed by atoms with Crippen LogP contribution in [0.1, 0.15) is 11.1 Å². The Kier molecular flexibility index (Phi) is 5.79. The van der Waals surface area contributed by atoms with Gasteiger partial charge >= 0.3 is 0 Å². The predicted octanol–water partition coefficient (Wildman–Crippen LogP) is 4.37. The summed E-state index contributed by atoms with van der Waals surface area (Å²) in [4.78, 5) is 0. The molecule has 0 radical (unpaired) electrons. The first kappa shape index (κ1) is 18.8. The van der Waals surface area contributed by atoms with Gasteiger partial charge in [-0.25, -0.2) is 0 Å². The van der Waals surface area contributed by atoms with Gasteiger partial charge < -0.3 is 18.9 Å². The summed E-state index contributed by atoms with van der Waals surface area (Å²) in [6.07, 6.45) is 5.81. The molecule has 2 fully saturated rings. The van der Waals surface area contributed by atoms with Crippen LogP contribution in [0.15, 0.2) is 61.7 Å². The van der Waals surface area contributed by atoms with E-state index in [1.165, 1.54) is 0 Å². The fourth-order valence-electron chi connectivity index (χ4n) is 3.12. The summed E-state index contributed by atoms with van der Waals surface area (Å²) in [7, 11) is 0. The van der Waals surface area contributed by atoms with Crippen molar-refractivity contribution in [2.75, 3.05) is 26.4 Å². The van der Waals surface area contributed by atoms with Crippen LogP contribution in [0.2, 0.25) is 0 Å². The monoisotopic (exact) mass is 378 g/mol. The zero-order valence-corrected chi connectivity index (χ0v) is 16.1. The molecular formula is C24H26O4. The zero-order valence-electron chi connectivity index (χ0n) is 16.1. The molecule has 146 valence electrons. The molecule has 4 nitrogen and oxygen atoms in total. The average molecular weight is 378 g/mol. The van der Waals surface area contributed by atoms with Gasteiger partial charge in [-0.1, -0.05) is 24.3 Å². The first-order valence-electron chi connectivity index (χ1n) is 9.73. The Labute approximate surface area is 166 Å². The second-order valence-corrected chi connectivity index (χ2v) is 7.16. The van der Waals surface area contributed by atoms with Crippen molar-refractivity contribution in [3.8, 4) is 22.6 Å². The smallest absolute Gasteiger partial charge is 0.122 e. The summed E-state index contributed by atoms with van der Waals surface area (Å²) >= 11 is 0. The van der Waals surface area contributed by atoms with Crippen LogP contribution in [-0.4, -0.2) is 38.6 Å². The maximum absolute atomic E-state index is 5.93. The zero-order chi connectivity index (χ0) is 19.3. The molecule has 28 heavy (non-hydrogen) atoms. The highest BCUT2D eigenvalue weighted by Gasteiger charge is 2.24. The number of benzene rings is 2. The van der Waals surface area contributed by atoms with Gasteiger partial charge in [0.2, 0.25) is 0 Å². The minimum absolute atomic E-state index is 0.242. The van der Waals surface area contributed by atoms with Crippen LogP contribution in [-0.2, 0) is 22.3 Å². The summed E-state index contributed by atoms with van der Waals surface area (Å²) < 4.78 is 22.3. The normalized spacial score (nSPS) is 19.7. The molecule has 4 rings (SSSR count). The molecule has 2 heterocycles. The largest absolute Gasteiger partial charge is 0.490 e. The van der Waals surface area contributed by atoms with Crippen molar-refractivity contribution in [2.24, 2.45) is 0 Å². The van der Waals surface area contributed by atoms with Crippen molar-refractivity contribution >= 4 is 0 Å². The average Bonchev–Trinajstić information content (AvgIpc) is 3.62. The van der Waals surface area contributed by atoms with E-state index >= 15 is 0 Å². The van der Waals surface area contributed by atoms with Gasteiger partial charge in [0.25, 0.3) is 0 Å². The third-order valence-corrected chi connectivity index (χ3v) is 4.84. The molecule has 0 aromatic heterocycles. The van der Waals surface area contributed by atoms with Crippen molar-refractivity contribution in [2.45, 2.75) is 25.0 Å². The topological polar surface area (TPSA) is 43.5 Å². The van der Waals surface area contributed by atoms with Gasteiger partial charge in [0, 0.05) is 0 Å². The van der Waals surface area contributed by atoms with Gasteiger partial charge in [0.15, 0.2) is 0 Å². The standard InChI is InChI=1S/C24H26O4/c1-3-5-19-11-17(7-9-23(19)27-15-21-13-25-21)18-8-10-24(20(12-18)6-4-2)28-16-22-14-26-22/h3-4,7-12,21-22H,1-2,5-6,13-16H2. The Bertz CT molecular complexity index is 778. The summed E-state index contributed by atoms with van der Waals surface area (Å²) in [5.74, 6) is 1.80. The summed E-state index contributed by atoms with van der Waals surface area (Å²) in [5, 5.41) is 0. The molecule has 0 aliphatic carbocycles. The Morgan fingerprint density at radius 1 is 0.786 bits per heavy atom. The van der Waals surface area contributed by atoms with Gasteiger partial charge in [-0.3, -0.25) is 0 Å². The van der Waals surface area contributed by atoms with Crippen LogP contribution in [0.25, 0.3) is 11.1 Å². The summed E-state index contributed by atoms with van der Waals surface area (Å²) in [6.45, 7) is 10.5. The minimum atomic E-state index is 0.242. The number of rotatable bonds is 11. The third kappa shape index (κ3) is 4.83. The van der Waals surface area contributed by atoms with Gasteiger partial charge in [-0.05, 0) is 59.4 Å². The van der Waals surface area contributed by atoms with Crippen molar-refractivity contribution in [3.63, 3.8) is 0 Å². The molecule has 0 bridgehead atoms. The second kappa shape index (κ2) is 8.63. The molecular weight excluding hydrogens is 352 g/mol. The van der Waals surface area contributed by atoms with Crippen LogP contribution >= 0.6 is 0 Å². The van der Waals surface area contributed by atoms with Crippen molar-refractivity contribution in [1.82, 2.24) is 0 Å². The molecule has 0 saturated carbocycles. The number of hydrogen-bond acceptors (Lipinski definition) is 4. The van der Waals surface area contributed by atoms with E-state index in [2.05, 4.69) is 37.4 Å². The lowest BCUT2D eigenvalue weighted by Crippen LogP contribution is -2.06. The number of hydrogen-bond donors (Lipinski definition) is 0. The molecule has 2 aromatic carbocycles. The lowest BCUT2D eigenvalue weighted by Gasteiger charge is -2.14. The van der Waals surface area contributed by atoms with Crippen molar-refractivity contribution < 1.29 is 18.9 Å². The summed E-state index contributed by atoms with van der Waals surface area (Å²) in [6, 6.07) is 12.6. The van der Waals surface area contributed by atoms with E-state index in [0.29, 0.717) is 13.2 Å². The van der Waals surface area contributed by atoms with E-state index in [1.54, 1.807) is 0 Å². The molecule has 2 atom stereocenters. The van der Waals surface area contributed by atoms with Crippen LogP contribution in [0.5, 0.6) is 11.5 Å². The molecule has 2 saturated heterocycles. The van der Waals surface area contributed by atoms with E-state index < -0.39 is 0 Å². The maximum atomic E-state index is 5.93. The highest BCUT2D eigenvalue weighted by Crippen LogP contribution is 2.32. The maximum Gasteiger partial charge on any atom is 0.122 e. The Hall–Kier alpha value is -2.56. The molecule has 0 N–H and O–H groups in total. The SMILES string of the molecule is C=CCc1cc(-c2ccc(OCC3CO3)c(CC=C)c2)ccc1OCC1CO1. The lowest BCUT2D eigenvalue weighted by molar-refractivity contribution is 0.261. The highest BCUT2D eigenvalue weighted by atomic mass is 16.6. The molecule has 2 aliphatic rings. The van der Waals surface area contributed by atoms with Gasteiger partial charge in [-0.2, -0.15) is 0 Å².